The fraction of sp³-hybridized carbons (Fsp3) is 0.533. The lowest BCUT2D eigenvalue weighted by molar-refractivity contribution is 0.0537. The van der Waals surface area contributed by atoms with Gasteiger partial charge in [0.25, 0.3) is 5.92 Å². The normalized spacial score (nSPS) is 24.2. The van der Waals surface area contributed by atoms with Gasteiger partial charge in [-0.2, -0.15) is 0 Å². The van der Waals surface area contributed by atoms with Gasteiger partial charge in [-0.15, -0.1) is 0 Å². The number of hydrogen-bond acceptors (Lipinski definition) is 5. The Labute approximate surface area is 129 Å². The minimum absolute atomic E-state index is 0.0646. The second kappa shape index (κ2) is 4.01. The molecule has 7 heteroatoms. The molecule has 1 aromatic heterocycles. The molecule has 2 aromatic rings. The summed E-state index contributed by atoms with van der Waals surface area (Å²) in [6, 6.07) is 3.83. The van der Waals surface area contributed by atoms with Crippen molar-refractivity contribution >= 4 is 26.7 Å². The van der Waals surface area contributed by atoms with Crippen LogP contribution in [0.25, 0.3) is 10.2 Å². The van der Waals surface area contributed by atoms with E-state index in [-0.39, 0.29) is 13.2 Å². The highest BCUT2D eigenvalue weighted by molar-refractivity contribution is 7.22. The molecule has 0 radical (unpaired) electrons. The van der Waals surface area contributed by atoms with E-state index in [4.69, 9.17) is 9.47 Å². The van der Waals surface area contributed by atoms with E-state index in [0.717, 1.165) is 26.8 Å². The number of hydrogen-bond donors (Lipinski definition) is 0. The van der Waals surface area contributed by atoms with Crippen LogP contribution in [0.5, 0.6) is 11.5 Å². The van der Waals surface area contributed by atoms with Crippen molar-refractivity contribution in [1.29, 1.82) is 0 Å². The fourth-order valence-electron chi connectivity index (χ4n) is 3.49. The maximum atomic E-state index is 13.4. The summed E-state index contributed by atoms with van der Waals surface area (Å²) in [6.45, 7) is 1.56. The SMILES string of the molecule is FC1(F)CC12CCN(c1nc3cc4c(cc3s1)OCO4)CC2. The van der Waals surface area contributed by atoms with E-state index < -0.39 is 11.3 Å². The van der Waals surface area contributed by atoms with Crippen molar-refractivity contribution in [3.63, 3.8) is 0 Å². The number of aromatic nitrogens is 1. The zero-order valence-corrected chi connectivity index (χ0v) is 12.6. The zero-order valence-electron chi connectivity index (χ0n) is 11.8. The first-order valence-electron chi connectivity index (χ1n) is 7.39. The third kappa shape index (κ3) is 1.68. The highest BCUT2D eigenvalue weighted by atomic mass is 32.1. The Hall–Kier alpha value is -1.63. The van der Waals surface area contributed by atoms with Crippen molar-refractivity contribution in [1.82, 2.24) is 4.98 Å². The van der Waals surface area contributed by atoms with Crippen LogP contribution in [0.15, 0.2) is 12.1 Å². The van der Waals surface area contributed by atoms with Gasteiger partial charge in [-0.3, -0.25) is 0 Å². The lowest BCUT2D eigenvalue weighted by Crippen LogP contribution is -2.36. The Kier molecular flexibility index (Phi) is 2.35. The van der Waals surface area contributed by atoms with Crippen LogP contribution in [0.4, 0.5) is 13.9 Å². The summed E-state index contributed by atoms with van der Waals surface area (Å²) in [7, 11) is 0. The third-order valence-electron chi connectivity index (χ3n) is 5.07. The first-order valence-corrected chi connectivity index (χ1v) is 8.21. The molecule has 5 rings (SSSR count). The fourth-order valence-corrected chi connectivity index (χ4v) is 4.52. The van der Waals surface area contributed by atoms with Crippen molar-refractivity contribution in [2.75, 3.05) is 24.8 Å². The largest absolute Gasteiger partial charge is 0.454 e. The van der Waals surface area contributed by atoms with Crippen molar-refractivity contribution in [2.45, 2.75) is 25.2 Å². The number of benzene rings is 1. The van der Waals surface area contributed by atoms with Gasteiger partial charge in [0.2, 0.25) is 6.79 Å². The summed E-state index contributed by atoms with van der Waals surface area (Å²) < 4.78 is 38.7. The van der Waals surface area contributed by atoms with Crippen LogP contribution in [-0.4, -0.2) is 30.8 Å². The standard InChI is InChI=1S/C15H14F2N2O2S/c16-15(17)7-14(15)1-3-19(4-2-14)13-18-9-5-10-11(21-8-20-10)6-12(9)22-13/h5-6H,1-4,7-8H2. The molecule has 1 aromatic carbocycles. The molecular formula is C15H14F2N2O2S. The predicted molar refractivity (Wildman–Crippen MR) is 79.2 cm³/mol. The minimum Gasteiger partial charge on any atom is -0.454 e. The minimum atomic E-state index is -2.44. The van der Waals surface area contributed by atoms with Crippen molar-refractivity contribution in [3.8, 4) is 11.5 Å². The molecule has 2 fully saturated rings. The van der Waals surface area contributed by atoms with E-state index >= 15 is 0 Å². The average molecular weight is 324 g/mol. The van der Waals surface area contributed by atoms with Crippen LogP contribution in [0.3, 0.4) is 0 Å². The second-order valence-electron chi connectivity index (χ2n) is 6.32. The topological polar surface area (TPSA) is 34.6 Å². The van der Waals surface area contributed by atoms with Crippen molar-refractivity contribution in [2.24, 2.45) is 5.41 Å². The Bertz CT molecular complexity index is 727. The molecule has 0 amide bonds. The molecule has 116 valence electrons. The number of alkyl halides is 2. The Morgan fingerprint density at radius 1 is 1.14 bits per heavy atom. The van der Waals surface area contributed by atoms with Gasteiger partial charge in [0.1, 0.15) is 0 Å². The van der Waals surface area contributed by atoms with Crippen molar-refractivity contribution < 1.29 is 18.3 Å². The predicted octanol–water partition coefficient (Wildman–Crippen LogP) is 3.65. The highest BCUT2D eigenvalue weighted by Crippen LogP contribution is 2.66. The van der Waals surface area contributed by atoms with Crippen LogP contribution in [0.2, 0.25) is 0 Å². The Balaban J connectivity index is 1.41. The van der Waals surface area contributed by atoms with Crippen LogP contribution in [0.1, 0.15) is 19.3 Å². The maximum absolute atomic E-state index is 13.4. The number of thiazole rings is 1. The van der Waals surface area contributed by atoms with Gasteiger partial charge in [-0.25, -0.2) is 13.8 Å². The summed E-state index contributed by atoms with van der Waals surface area (Å²) >= 11 is 1.58. The molecule has 22 heavy (non-hydrogen) atoms. The van der Waals surface area contributed by atoms with E-state index in [2.05, 4.69) is 9.88 Å². The number of halogens is 2. The van der Waals surface area contributed by atoms with E-state index in [0.29, 0.717) is 25.9 Å². The molecule has 3 heterocycles. The number of piperidine rings is 1. The molecule has 1 saturated carbocycles. The van der Waals surface area contributed by atoms with Crippen LogP contribution in [-0.2, 0) is 0 Å². The molecule has 0 atom stereocenters. The summed E-state index contributed by atoms with van der Waals surface area (Å²) in [5.74, 6) is -0.972. The molecule has 2 aliphatic heterocycles. The van der Waals surface area contributed by atoms with E-state index in [9.17, 15) is 8.78 Å². The van der Waals surface area contributed by atoms with E-state index in [1.807, 2.05) is 12.1 Å². The first kappa shape index (κ1) is 12.9. The van der Waals surface area contributed by atoms with Gasteiger partial charge in [0.05, 0.1) is 10.2 Å². The number of rotatable bonds is 1. The van der Waals surface area contributed by atoms with Gasteiger partial charge in [-0.05, 0) is 12.8 Å². The molecule has 0 unspecified atom stereocenters. The van der Waals surface area contributed by atoms with Crippen LogP contribution in [0, 0.1) is 5.41 Å². The summed E-state index contributed by atoms with van der Waals surface area (Å²) in [5.41, 5.74) is 0.157. The van der Waals surface area contributed by atoms with Gasteiger partial charge in [0.15, 0.2) is 16.6 Å². The second-order valence-corrected chi connectivity index (χ2v) is 7.33. The van der Waals surface area contributed by atoms with Crippen LogP contribution < -0.4 is 14.4 Å². The maximum Gasteiger partial charge on any atom is 0.254 e. The molecule has 3 aliphatic rings. The van der Waals surface area contributed by atoms with E-state index in [1.165, 1.54) is 0 Å². The lowest BCUT2D eigenvalue weighted by Gasteiger charge is -2.31. The quantitative estimate of drug-likeness (QED) is 0.802. The smallest absolute Gasteiger partial charge is 0.254 e. The number of anilines is 1. The average Bonchev–Trinajstić information content (AvgIpc) is 2.91. The molecule has 1 saturated heterocycles. The Morgan fingerprint density at radius 2 is 1.82 bits per heavy atom. The summed E-state index contributed by atoms with van der Waals surface area (Å²) in [6.07, 6.45) is 1.17. The number of nitrogens with zero attached hydrogens (tertiary/aromatic N) is 2. The molecule has 1 spiro atoms. The van der Waals surface area contributed by atoms with Gasteiger partial charge < -0.3 is 14.4 Å². The number of ether oxygens (including phenoxy) is 2. The van der Waals surface area contributed by atoms with E-state index in [1.54, 1.807) is 11.3 Å². The van der Waals surface area contributed by atoms with Gasteiger partial charge >= 0.3 is 0 Å². The van der Waals surface area contributed by atoms with Gasteiger partial charge in [0, 0.05) is 37.1 Å². The Morgan fingerprint density at radius 3 is 2.50 bits per heavy atom. The lowest BCUT2D eigenvalue weighted by atomic mass is 9.93. The molecule has 0 N–H and O–H groups in total. The first-order chi connectivity index (χ1) is 10.6. The third-order valence-corrected chi connectivity index (χ3v) is 6.15. The van der Waals surface area contributed by atoms with Crippen molar-refractivity contribution in [3.05, 3.63) is 12.1 Å². The molecular weight excluding hydrogens is 310 g/mol. The van der Waals surface area contributed by atoms with Crippen LogP contribution >= 0.6 is 11.3 Å². The number of fused-ring (bicyclic) bond motifs is 2. The highest BCUT2D eigenvalue weighted by Gasteiger charge is 2.70. The molecule has 0 bridgehead atoms. The zero-order chi connectivity index (χ0) is 14.9. The molecule has 4 nitrogen and oxygen atoms in total. The summed E-state index contributed by atoms with van der Waals surface area (Å²) in [4.78, 5) is 6.76. The summed E-state index contributed by atoms with van der Waals surface area (Å²) in [5, 5.41) is 0.900. The monoisotopic (exact) mass is 324 g/mol. The van der Waals surface area contributed by atoms with Gasteiger partial charge in [-0.1, -0.05) is 11.3 Å². The molecule has 1 aliphatic carbocycles.